The van der Waals surface area contributed by atoms with E-state index in [1.807, 2.05) is 13.0 Å². The van der Waals surface area contributed by atoms with Crippen LogP contribution in [0.4, 0.5) is 11.4 Å². The highest BCUT2D eigenvalue weighted by molar-refractivity contribution is 9.10. The van der Waals surface area contributed by atoms with Crippen molar-refractivity contribution < 1.29 is 5.11 Å². The van der Waals surface area contributed by atoms with Crippen LogP contribution in [0.15, 0.2) is 16.6 Å². The largest absolute Gasteiger partial charge is 0.398 e. The van der Waals surface area contributed by atoms with Gasteiger partial charge >= 0.3 is 0 Å². The Balaban J connectivity index is 2.07. The first kappa shape index (κ1) is 13.6. The standard InChI is InChI=1S/C13H20BrN3O/c1-10-8-13(11(14)9-12(10)15)17-4-2-16(3-5-17)6-7-18/h8-9,18H,2-7,15H2,1H3. The van der Waals surface area contributed by atoms with Crippen LogP contribution in [0.25, 0.3) is 0 Å². The summed E-state index contributed by atoms with van der Waals surface area (Å²) >= 11 is 3.59. The van der Waals surface area contributed by atoms with E-state index in [0.29, 0.717) is 0 Å². The summed E-state index contributed by atoms with van der Waals surface area (Å²) in [6, 6.07) is 4.12. The summed E-state index contributed by atoms with van der Waals surface area (Å²) in [7, 11) is 0. The number of β-amino-alcohol motifs (C(OH)–C–C–N with tert-alkyl or cyclic N) is 1. The van der Waals surface area contributed by atoms with Crippen LogP contribution >= 0.6 is 15.9 Å². The molecule has 1 saturated heterocycles. The number of hydrogen-bond acceptors (Lipinski definition) is 4. The number of hydrogen-bond donors (Lipinski definition) is 2. The lowest BCUT2D eigenvalue weighted by atomic mass is 10.1. The van der Waals surface area contributed by atoms with Crippen molar-refractivity contribution in [1.82, 2.24) is 4.90 Å². The van der Waals surface area contributed by atoms with E-state index in [-0.39, 0.29) is 6.61 Å². The Morgan fingerprint density at radius 1 is 1.28 bits per heavy atom. The Kier molecular flexibility index (Phi) is 4.48. The van der Waals surface area contributed by atoms with E-state index >= 15 is 0 Å². The molecule has 1 aromatic rings. The summed E-state index contributed by atoms with van der Waals surface area (Å²) in [5.41, 5.74) is 9.05. The van der Waals surface area contributed by atoms with Crippen molar-refractivity contribution in [2.24, 2.45) is 0 Å². The third-order valence-electron chi connectivity index (χ3n) is 3.46. The summed E-state index contributed by atoms with van der Waals surface area (Å²) in [4.78, 5) is 4.65. The summed E-state index contributed by atoms with van der Waals surface area (Å²) < 4.78 is 1.06. The number of halogens is 1. The molecule has 2 rings (SSSR count). The molecule has 0 spiro atoms. The maximum atomic E-state index is 8.94. The van der Waals surface area contributed by atoms with Gasteiger partial charge in [-0.3, -0.25) is 4.90 Å². The lowest BCUT2D eigenvalue weighted by Gasteiger charge is -2.36. The molecule has 18 heavy (non-hydrogen) atoms. The molecule has 0 unspecified atom stereocenters. The second kappa shape index (κ2) is 5.91. The fourth-order valence-electron chi connectivity index (χ4n) is 2.28. The fraction of sp³-hybridized carbons (Fsp3) is 0.538. The van der Waals surface area contributed by atoms with Crippen LogP contribution < -0.4 is 10.6 Å². The Morgan fingerprint density at radius 2 is 1.94 bits per heavy atom. The second-order valence-corrected chi connectivity index (χ2v) is 5.57. The molecule has 0 saturated carbocycles. The molecule has 0 radical (unpaired) electrons. The molecule has 1 aromatic carbocycles. The number of aliphatic hydroxyl groups excluding tert-OH is 1. The predicted molar refractivity (Wildman–Crippen MR) is 79.0 cm³/mol. The molecule has 0 amide bonds. The molecule has 0 bridgehead atoms. The van der Waals surface area contributed by atoms with Gasteiger partial charge in [-0.15, -0.1) is 0 Å². The molecule has 5 heteroatoms. The molecule has 1 heterocycles. The zero-order valence-electron chi connectivity index (χ0n) is 10.7. The lowest BCUT2D eigenvalue weighted by molar-refractivity contribution is 0.188. The van der Waals surface area contributed by atoms with Crippen LogP contribution in [-0.2, 0) is 0 Å². The molecule has 0 aliphatic carbocycles. The van der Waals surface area contributed by atoms with Gasteiger partial charge in [0.05, 0.1) is 12.3 Å². The van der Waals surface area contributed by atoms with Crippen molar-refractivity contribution >= 4 is 27.3 Å². The summed E-state index contributed by atoms with van der Waals surface area (Å²) in [6.07, 6.45) is 0. The average Bonchev–Trinajstić information content (AvgIpc) is 2.35. The van der Waals surface area contributed by atoms with Gasteiger partial charge in [-0.2, -0.15) is 0 Å². The molecule has 1 fully saturated rings. The van der Waals surface area contributed by atoms with Crippen LogP contribution in [0, 0.1) is 6.92 Å². The molecule has 4 nitrogen and oxygen atoms in total. The minimum Gasteiger partial charge on any atom is -0.398 e. The van der Waals surface area contributed by atoms with Gasteiger partial charge in [-0.05, 0) is 40.5 Å². The average molecular weight is 314 g/mol. The topological polar surface area (TPSA) is 52.7 Å². The highest BCUT2D eigenvalue weighted by Crippen LogP contribution is 2.31. The molecule has 1 aliphatic heterocycles. The molecular formula is C13H20BrN3O. The fourth-order valence-corrected chi connectivity index (χ4v) is 2.89. The van der Waals surface area contributed by atoms with Gasteiger partial charge in [0.2, 0.25) is 0 Å². The number of nitrogens with zero attached hydrogens (tertiary/aromatic N) is 2. The van der Waals surface area contributed by atoms with Gasteiger partial charge in [-0.1, -0.05) is 0 Å². The number of piperazine rings is 1. The number of nitrogens with two attached hydrogens (primary N) is 1. The zero-order valence-corrected chi connectivity index (χ0v) is 12.3. The van der Waals surface area contributed by atoms with Crippen LogP contribution in [-0.4, -0.2) is 49.3 Å². The molecule has 0 aromatic heterocycles. The first-order valence-electron chi connectivity index (χ1n) is 6.25. The quantitative estimate of drug-likeness (QED) is 0.829. The first-order chi connectivity index (χ1) is 8.61. The summed E-state index contributed by atoms with van der Waals surface area (Å²) in [5, 5.41) is 8.94. The van der Waals surface area contributed by atoms with Gasteiger partial charge in [0.25, 0.3) is 0 Å². The third kappa shape index (κ3) is 2.96. The van der Waals surface area contributed by atoms with Gasteiger partial charge < -0.3 is 15.7 Å². The Labute approximate surface area is 117 Å². The van der Waals surface area contributed by atoms with E-state index in [4.69, 9.17) is 10.8 Å². The predicted octanol–water partition coefficient (Wildman–Crippen LogP) is 1.45. The minimum absolute atomic E-state index is 0.241. The van der Waals surface area contributed by atoms with E-state index in [2.05, 4.69) is 31.8 Å². The summed E-state index contributed by atoms with van der Waals surface area (Å²) in [6.45, 7) is 7.02. The lowest BCUT2D eigenvalue weighted by Crippen LogP contribution is -2.47. The zero-order chi connectivity index (χ0) is 13.1. The maximum Gasteiger partial charge on any atom is 0.0558 e. The minimum atomic E-state index is 0.241. The van der Waals surface area contributed by atoms with Crippen molar-refractivity contribution in [3.63, 3.8) is 0 Å². The maximum absolute atomic E-state index is 8.94. The molecule has 3 N–H and O–H groups in total. The molecular weight excluding hydrogens is 294 g/mol. The van der Waals surface area contributed by atoms with Crippen molar-refractivity contribution in [1.29, 1.82) is 0 Å². The van der Waals surface area contributed by atoms with Gasteiger partial charge in [0.1, 0.15) is 0 Å². The van der Waals surface area contributed by atoms with Gasteiger partial charge in [0.15, 0.2) is 0 Å². The molecule has 0 atom stereocenters. The van der Waals surface area contributed by atoms with Crippen molar-refractivity contribution in [3.8, 4) is 0 Å². The van der Waals surface area contributed by atoms with E-state index in [9.17, 15) is 0 Å². The number of benzene rings is 1. The van der Waals surface area contributed by atoms with Crippen LogP contribution in [0.5, 0.6) is 0 Å². The Hall–Kier alpha value is -0.780. The number of nitrogen functional groups attached to an aromatic ring is 1. The normalized spacial score (nSPS) is 17.2. The van der Waals surface area contributed by atoms with Crippen molar-refractivity contribution in [2.45, 2.75) is 6.92 Å². The monoisotopic (exact) mass is 313 g/mol. The van der Waals surface area contributed by atoms with E-state index in [1.54, 1.807) is 0 Å². The van der Waals surface area contributed by atoms with E-state index in [1.165, 1.54) is 5.69 Å². The number of aryl methyl sites for hydroxylation is 1. The number of aliphatic hydroxyl groups is 1. The Bertz CT molecular complexity index is 417. The molecule has 1 aliphatic rings. The van der Waals surface area contributed by atoms with Crippen LogP contribution in [0.2, 0.25) is 0 Å². The van der Waals surface area contributed by atoms with Gasteiger partial charge in [-0.25, -0.2) is 0 Å². The summed E-state index contributed by atoms with van der Waals surface area (Å²) in [5.74, 6) is 0. The highest BCUT2D eigenvalue weighted by atomic mass is 79.9. The highest BCUT2D eigenvalue weighted by Gasteiger charge is 2.18. The van der Waals surface area contributed by atoms with E-state index < -0.39 is 0 Å². The van der Waals surface area contributed by atoms with Crippen LogP contribution in [0.1, 0.15) is 5.56 Å². The third-order valence-corrected chi connectivity index (χ3v) is 4.10. The molecule has 100 valence electrons. The number of rotatable bonds is 3. The Morgan fingerprint density at radius 3 is 2.56 bits per heavy atom. The first-order valence-corrected chi connectivity index (χ1v) is 7.05. The van der Waals surface area contributed by atoms with Crippen molar-refractivity contribution in [3.05, 3.63) is 22.2 Å². The van der Waals surface area contributed by atoms with Gasteiger partial charge in [0, 0.05) is 42.9 Å². The van der Waals surface area contributed by atoms with E-state index in [0.717, 1.165) is 48.4 Å². The second-order valence-electron chi connectivity index (χ2n) is 4.71. The van der Waals surface area contributed by atoms with Crippen LogP contribution in [0.3, 0.4) is 0 Å². The number of anilines is 2. The SMILES string of the molecule is Cc1cc(N2CCN(CCO)CC2)c(Br)cc1N. The smallest absolute Gasteiger partial charge is 0.0558 e. The van der Waals surface area contributed by atoms with Crippen molar-refractivity contribution in [2.75, 3.05) is 50.0 Å².